The number of nitrogens with one attached hydrogen (secondary N) is 3. The van der Waals surface area contributed by atoms with Gasteiger partial charge in [0.1, 0.15) is 0 Å². The molecule has 0 aliphatic carbocycles. The second-order valence-electron chi connectivity index (χ2n) is 6.23. The Morgan fingerprint density at radius 1 is 1.12 bits per heavy atom. The minimum absolute atomic E-state index is 0.0614. The molecule has 0 bridgehead atoms. The van der Waals surface area contributed by atoms with Gasteiger partial charge in [-0.2, -0.15) is 0 Å². The average molecular weight is 333 g/mol. The van der Waals surface area contributed by atoms with E-state index in [4.69, 9.17) is 0 Å². The van der Waals surface area contributed by atoms with Crippen LogP contribution in [-0.2, 0) is 9.59 Å². The van der Waals surface area contributed by atoms with Gasteiger partial charge in [0.15, 0.2) is 6.54 Å². The van der Waals surface area contributed by atoms with Crippen LogP contribution < -0.4 is 15.5 Å². The number of carbonyl (C=O) groups is 3. The van der Waals surface area contributed by atoms with Gasteiger partial charge in [-0.25, -0.2) is 4.79 Å². The third-order valence-electron chi connectivity index (χ3n) is 4.34. The lowest BCUT2D eigenvalue weighted by Crippen LogP contribution is -3.15. The van der Waals surface area contributed by atoms with Crippen molar-refractivity contribution in [2.75, 3.05) is 38.0 Å². The first-order chi connectivity index (χ1) is 11.3. The fraction of sp³-hybridized carbons (Fsp3) is 0.471. The number of nitrogens with zero attached hydrogens (tertiary/aromatic N) is 1. The van der Waals surface area contributed by atoms with Gasteiger partial charge >= 0.3 is 6.03 Å². The normalized spacial score (nSPS) is 15.0. The maximum Gasteiger partial charge on any atom is 0.326 e. The predicted molar refractivity (Wildman–Crippen MR) is 90.9 cm³/mol. The maximum atomic E-state index is 12.0. The van der Waals surface area contributed by atoms with E-state index >= 15 is 0 Å². The summed E-state index contributed by atoms with van der Waals surface area (Å²) in [5, 5.41) is 5.02. The van der Waals surface area contributed by atoms with Gasteiger partial charge in [0.25, 0.3) is 5.91 Å². The Bertz CT molecular complexity index is 637. The molecule has 0 aromatic heterocycles. The van der Waals surface area contributed by atoms with E-state index in [1.807, 2.05) is 26.0 Å². The standard InChI is InChI=1S/C17H24N4O3/c1-12-4-5-15(10-13(12)2)18-17(24)19-16(23)11-20-6-8-21(9-7-20)14(3)22/h4-5,10H,6-9,11H2,1-3H3,(H2,18,19,23,24)/p+1. The number of carbonyl (C=O) groups excluding carboxylic acids is 3. The first kappa shape index (κ1) is 17.9. The number of rotatable bonds is 3. The third kappa shape index (κ3) is 5.06. The molecule has 1 aliphatic rings. The van der Waals surface area contributed by atoms with Crippen molar-refractivity contribution in [2.45, 2.75) is 20.8 Å². The van der Waals surface area contributed by atoms with E-state index in [0.717, 1.165) is 16.0 Å². The molecule has 0 unspecified atom stereocenters. The van der Waals surface area contributed by atoms with Crippen molar-refractivity contribution in [2.24, 2.45) is 0 Å². The van der Waals surface area contributed by atoms with Gasteiger partial charge in [0.2, 0.25) is 5.91 Å². The maximum absolute atomic E-state index is 12.0. The zero-order valence-electron chi connectivity index (χ0n) is 14.4. The van der Waals surface area contributed by atoms with E-state index in [9.17, 15) is 14.4 Å². The summed E-state index contributed by atoms with van der Waals surface area (Å²) in [7, 11) is 0. The molecule has 1 aliphatic heterocycles. The Hall–Kier alpha value is -2.41. The van der Waals surface area contributed by atoms with Crippen LogP contribution in [0.25, 0.3) is 0 Å². The van der Waals surface area contributed by atoms with Gasteiger partial charge < -0.3 is 15.1 Å². The highest BCUT2D eigenvalue weighted by atomic mass is 16.2. The Labute approximate surface area is 142 Å². The third-order valence-corrected chi connectivity index (χ3v) is 4.34. The molecule has 7 heteroatoms. The molecule has 0 saturated carbocycles. The highest BCUT2D eigenvalue weighted by molar-refractivity contribution is 6.01. The van der Waals surface area contributed by atoms with E-state index in [1.54, 1.807) is 17.9 Å². The topological polar surface area (TPSA) is 83.0 Å². The highest BCUT2D eigenvalue weighted by Crippen LogP contribution is 2.13. The number of urea groups is 1. The predicted octanol–water partition coefficient (Wildman–Crippen LogP) is -0.301. The van der Waals surface area contributed by atoms with Crippen LogP contribution in [0.5, 0.6) is 0 Å². The molecule has 0 spiro atoms. The molecule has 2 rings (SSSR count). The fourth-order valence-corrected chi connectivity index (χ4v) is 2.69. The molecule has 0 radical (unpaired) electrons. The van der Waals surface area contributed by atoms with E-state index in [0.29, 0.717) is 31.9 Å². The zero-order valence-corrected chi connectivity index (χ0v) is 14.4. The first-order valence-electron chi connectivity index (χ1n) is 8.12. The number of hydrogen-bond donors (Lipinski definition) is 3. The van der Waals surface area contributed by atoms with Crippen LogP contribution in [0.4, 0.5) is 10.5 Å². The number of piperazine rings is 1. The van der Waals surface area contributed by atoms with Crippen LogP contribution in [0.2, 0.25) is 0 Å². The molecule has 24 heavy (non-hydrogen) atoms. The fourth-order valence-electron chi connectivity index (χ4n) is 2.69. The summed E-state index contributed by atoms with van der Waals surface area (Å²) in [6.07, 6.45) is 0. The summed E-state index contributed by atoms with van der Waals surface area (Å²) >= 11 is 0. The lowest BCUT2D eigenvalue weighted by atomic mass is 10.1. The van der Waals surface area contributed by atoms with Crippen LogP contribution in [0, 0.1) is 13.8 Å². The van der Waals surface area contributed by atoms with Crippen molar-refractivity contribution >= 4 is 23.5 Å². The smallest absolute Gasteiger partial charge is 0.326 e. The molecule has 3 N–H and O–H groups in total. The average Bonchev–Trinajstić information content (AvgIpc) is 2.51. The van der Waals surface area contributed by atoms with E-state index < -0.39 is 6.03 Å². The summed E-state index contributed by atoms with van der Waals surface area (Å²) < 4.78 is 0. The number of hydrogen-bond acceptors (Lipinski definition) is 3. The molecule has 1 heterocycles. The number of quaternary nitrogens is 1. The van der Waals surface area contributed by atoms with Crippen LogP contribution in [0.15, 0.2) is 18.2 Å². The Morgan fingerprint density at radius 3 is 2.38 bits per heavy atom. The molecule has 1 saturated heterocycles. The molecule has 1 aromatic carbocycles. The van der Waals surface area contributed by atoms with E-state index in [-0.39, 0.29) is 18.4 Å². The lowest BCUT2D eigenvalue weighted by Gasteiger charge is -2.31. The largest absolute Gasteiger partial charge is 0.332 e. The number of amides is 4. The number of anilines is 1. The van der Waals surface area contributed by atoms with Crippen molar-refractivity contribution in [3.05, 3.63) is 29.3 Å². The van der Waals surface area contributed by atoms with Gasteiger partial charge in [-0.05, 0) is 37.1 Å². The summed E-state index contributed by atoms with van der Waals surface area (Å²) in [4.78, 5) is 38.0. The van der Waals surface area contributed by atoms with Crippen LogP contribution in [0.1, 0.15) is 18.1 Å². The lowest BCUT2D eigenvalue weighted by molar-refractivity contribution is -0.896. The van der Waals surface area contributed by atoms with E-state index in [2.05, 4.69) is 10.6 Å². The summed E-state index contributed by atoms with van der Waals surface area (Å²) in [6, 6.07) is 5.07. The minimum Gasteiger partial charge on any atom is -0.332 e. The molecule has 4 amide bonds. The monoisotopic (exact) mass is 333 g/mol. The molecule has 1 aromatic rings. The van der Waals surface area contributed by atoms with Gasteiger partial charge in [-0.3, -0.25) is 14.9 Å². The molecule has 7 nitrogen and oxygen atoms in total. The van der Waals surface area contributed by atoms with Crippen LogP contribution >= 0.6 is 0 Å². The number of imide groups is 1. The van der Waals surface area contributed by atoms with Gasteiger partial charge in [-0.15, -0.1) is 0 Å². The van der Waals surface area contributed by atoms with Crippen LogP contribution in [-0.4, -0.2) is 55.5 Å². The SMILES string of the molecule is CC(=O)N1CC[NH+](CC(=O)NC(=O)Nc2ccc(C)c(C)c2)CC1. The quantitative estimate of drug-likeness (QED) is 0.710. The molecule has 0 atom stereocenters. The summed E-state index contributed by atoms with van der Waals surface area (Å²) in [6.45, 7) is 8.46. The van der Waals surface area contributed by atoms with Crippen molar-refractivity contribution in [3.63, 3.8) is 0 Å². The molecule has 130 valence electrons. The van der Waals surface area contributed by atoms with Crippen LogP contribution in [0.3, 0.4) is 0 Å². The van der Waals surface area contributed by atoms with Crippen molar-refractivity contribution in [1.29, 1.82) is 0 Å². The second kappa shape index (κ2) is 7.92. The molecule has 1 fully saturated rings. The Balaban J connectivity index is 1.77. The number of aryl methyl sites for hydroxylation is 2. The second-order valence-corrected chi connectivity index (χ2v) is 6.23. The Morgan fingerprint density at radius 2 is 1.79 bits per heavy atom. The van der Waals surface area contributed by atoms with Crippen molar-refractivity contribution in [1.82, 2.24) is 10.2 Å². The number of benzene rings is 1. The van der Waals surface area contributed by atoms with Crippen molar-refractivity contribution < 1.29 is 19.3 Å². The summed E-state index contributed by atoms with van der Waals surface area (Å²) in [5.74, 6) is -0.256. The van der Waals surface area contributed by atoms with Crippen molar-refractivity contribution in [3.8, 4) is 0 Å². The molecular formula is C17H25N4O3+. The van der Waals surface area contributed by atoms with E-state index in [1.165, 1.54) is 0 Å². The summed E-state index contributed by atoms with van der Waals surface area (Å²) in [5.41, 5.74) is 2.88. The highest BCUT2D eigenvalue weighted by Gasteiger charge is 2.23. The minimum atomic E-state index is -0.523. The van der Waals surface area contributed by atoms with Gasteiger partial charge in [-0.1, -0.05) is 6.07 Å². The van der Waals surface area contributed by atoms with Gasteiger partial charge in [0.05, 0.1) is 26.2 Å². The molecular weight excluding hydrogens is 308 g/mol. The zero-order chi connectivity index (χ0) is 17.7. The Kier molecular flexibility index (Phi) is 5.92. The first-order valence-corrected chi connectivity index (χ1v) is 8.12. The van der Waals surface area contributed by atoms with Gasteiger partial charge in [0, 0.05) is 12.6 Å².